The highest BCUT2D eigenvalue weighted by Gasteiger charge is 2.11. The lowest BCUT2D eigenvalue weighted by Gasteiger charge is -2.08. The summed E-state index contributed by atoms with van der Waals surface area (Å²) >= 11 is 1.36. The van der Waals surface area contributed by atoms with E-state index in [0.29, 0.717) is 6.54 Å². The van der Waals surface area contributed by atoms with Crippen LogP contribution >= 0.6 is 11.8 Å². The summed E-state index contributed by atoms with van der Waals surface area (Å²) < 4.78 is 4.85. The van der Waals surface area contributed by atoms with Crippen LogP contribution in [0.5, 0.6) is 0 Å². The van der Waals surface area contributed by atoms with E-state index in [1.54, 1.807) is 0 Å². The van der Waals surface area contributed by atoms with E-state index >= 15 is 0 Å². The summed E-state index contributed by atoms with van der Waals surface area (Å²) in [6.07, 6.45) is 0.770. The fraction of sp³-hybridized carbons (Fsp3) is 0.438. The minimum atomic E-state index is -0.649. The lowest BCUT2D eigenvalue weighted by molar-refractivity contribution is -0.145. The number of rotatable bonds is 7. The van der Waals surface area contributed by atoms with Crippen molar-refractivity contribution >= 4 is 29.7 Å². The molecule has 3 amide bonds. The number of amides is 3. The Bertz CT molecular complexity index is 575. The number of hydrogen-bond acceptors (Lipinski definition) is 5. The maximum Gasteiger partial charge on any atom is 0.321 e. The first-order chi connectivity index (χ1) is 10.9. The molecule has 23 heavy (non-hydrogen) atoms. The Hall–Kier alpha value is -2.02. The minimum Gasteiger partial charge on any atom is -0.455 e. The highest BCUT2D eigenvalue weighted by molar-refractivity contribution is 8.00. The zero-order valence-corrected chi connectivity index (χ0v) is 14.4. The number of nitrogens with one attached hydrogen (secondary N) is 2. The van der Waals surface area contributed by atoms with E-state index < -0.39 is 24.5 Å². The van der Waals surface area contributed by atoms with E-state index in [-0.39, 0.29) is 5.75 Å². The average molecular weight is 338 g/mol. The maximum absolute atomic E-state index is 11.7. The Morgan fingerprint density at radius 1 is 1.22 bits per heavy atom. The fourth-order valence-corrected chi connectivity index (χ4v) is 2.55. The molecule has 0 atom stereocenters. The summed E-state index contributed by atoms with van der Waals surface area (Å²) in [7, 11) is 0. The Kier molecular flexibility index (Phi) is 8.18. The van der Waals surface area contributed by atoms with E-state index in [2.05, 4.69) is 10.6 Å². The van der Waals surface area contributed by atoms with E-state index in [4.69, 9.17) is 4.74 Å². The molecule has 0 fully saturated rings. The van der Waals surface area contributed by atoms with Gasteiger partial charge in [0.25, 0.3) is 5.91 Å². The molecule has 2 N–H and O–H groups in total. The number of carbonyl (C=O) groups excluding carboxylic acids is 3. The van der Waals surface area contributed by atoms with Gasteiger partial charge in [-0.15, -0.1) is 11.8 Å². The number of ether oxygens (including phenoxy) is 1. The molecule has 0 saturated heterocycles. The fourth-order valence-electron chi connectivity index (χ4n) is 1.63. The van der Waals surface area contributed by atoms with E-state index in [1.807, 2.05) is 39.0 Å². The quantitative estimate of drug-likeness (QED) is 0.588. The first-order valence-corrected chi connectivity index (χ1v) is 8.34. The molecule has 0 unspecified atom stereocenters. The van der Waals surface area contributed by atoms with Gasteiger partial charge in [0.05, 0.1) is 5.75 Å². The van der Waals surface area contributed by atoms with Gasteiger partial charge in [-0.25, -0.2) is 4.79 Å². The predicted molar refractivity (Wildman–Crippen MR) is 89.4 cm³/mol. The van der Waals surface area contributed by atoms with Crippen LogP contribution in [0.1, 0.15) is 24.5 Å². The summed E-state index contributed by atoms with van der Waals surface area (Å²) in [5, 5.41) is 4.58. The highest BCUT2D eigenvalue weighted by Crippen LogP contribution is 2.23. The number of hydrogen-bond donors (Lipinski definition) is 2. The number of benzene rings is 1. The van der Waals surface area contributed by atoms with Crippen molar-refractivity contribution in [3.63, 3.8) is 0 Å². The van der Waals surface area contributed by atoms with Crippen LogP contribution in [-0.2, 0) is 14.3 Å². The van der Waals surface area contributed by atoms with Crippen LogP contribution in [0.3, 0.4) is 0 Å². The second kappa shape index (κ2) is 9.89. The number of esters is 1. The van der Waals surface area contributed by atoms with Crippen LogP contribution in [0.2, 0.25) is 0 Å². The molecule has 0 heterocycles. The van der Waals surface area contributed by atoms with Gasteiger partial charge in [-0.2, -0.15) is 0 Å². The van der Waals surface area contributed by atoms with E-state index in [0.717, 1.165) is 22.4 Å². The molecule has 0 aromatic heterocycles. The number of imide groups is 1. The summed E-state index contributed by atoms with van der Waals surface area (Å²) in [5.41, 5.74) is 2.20. The normalized spacial score (nSPS) is 10.0. The molecule has 1 aromatic carbocycles. The largest absolute Gasteiger partial charge is 0.455 e. The van der Waals surface area contributed by atoms with Crippen molar-refractivity contribution in [1.82, 2.24) is 10.6 Å². The highest BCUT2D eigenvalue weighted by atomic mass is 32.2. The van der Waals surface area contributed by atoms with Crippen molar-refractivity contribution in [2.75, 3.05) is 18.9 Å². The topological polar surface area (TPSA) is 84.5 Å². The molecule has 0 radical (unpaired) electrons. The lowest BCUT2D eigenvalue weighted by atomic mass is 10.2. The summed E-state index contributed by atoms with van der Waals surface area (Å²) in [6.45, 7) is 5.86. The molecule has 7 heteroatoms. The predicted octanol–water partition coefficient (Wildman–Crippen LogP) is 2.17. The lowest BCUT2D eigenvalue weighted by Crippen LogP contribution is -2.41. The molecular formula is C16H22N2O4S. The van der Waals surface area contributed by atoms with Gasteiger partial charge in [0.15, 0.2) is 6.61 Å². The van der Waals surface area contributed by atoms with Crippen LogP contribution < -0.4 is 10.6 Å². The maximum atomic E-state index is 11.7. The van der Waals surface area contributed by atoms with E-state index in [9.17, 15) is 14.4 Å². The smallest absolute Gasteiger partial charge is 0.321 e. The van der Waals surface area contributed by atoms with E-state index in [1.165, 1.54) is 11.8 Å². The Balaban J connectivity index is 2.30. The van der Waals surface area contributed by atoms with Crippen molar-refractivity contribution in [3.8, 4) is 0 Å². The molecule has 0 aliphatic carbocycles. The number of urea groups is 1. The van der Waals surface area contributed by atoms with Gasteiger partial charge in [-0.05, 0) is 31.9 Å². The second-order valence-electron chi connectivity index (χ2n) is 5.02. The molecule has 0 saturated carbocycles. The van der Waals surface area contributed by atoms with Crippen molar-refractivity contribution in [3.05, 3.63) is 29.3 Å². The van der Waals surface area contributed by atoms with Crippen LogP contribution in [0, 0.1) is 13.8 Å². The molecule has 126 valence electrons. The molecule has 0 aliphatic heterocycles. The molecular weight excluding hydrogens is 316 g/mol. The third kappa shape index (κ3) is 7.69. The van der Waals surface area contributed by atoms with Gasteiger partial charge in [0.1, 0.15) is 0 Å². The van der Waals surface area contributed by atoms with Crippen molar-refractivity contribution in [2.24, 2.45) is 0 Å². The Morgan fingerprint density at radius 3 is 2.65 bits per heavy atom. The summed E-state index contributed by atoms with van der Waals surface area (Å²) in [5.74, 6) is -1.04. The Morgan fingerprint density at radius 2 is 1.96 bits per heavy atom. The zero-order chi connectivity index (χ0) is 17.2. The van der Waals surface area contributed by atoms with Gasteiger partial charge in [-0.1, -0.05) is 24.6 Å². The molecule has 1 aromatic rings. The first kappa shape index (κ1) is 19.0. The van der Waals surface area contributed by atoms with Crippen LogP contribution in [0.25, 0.3) is 0 Å². The third-order valence-electron chi connectivity index (χ3n) is 2.84. The van der Waals surface area contributed by atoms with Gasteiger partial charge in [-0.3, -0.25) is 14.9 Å². The van der Waals surface area contributed by atoms with Crippen LogP contribution in [0.15, 0.2) is 23.1 Å². The molecule has 1 rings (SSSR count). The number of thioether (sulfide) groups is 1. The second-order valence-corrected chi connectivity index (χ2v) is 6.04. The standard InChI is InChI=1S/C16H22N2O4S/c1-4-7-17-16(21)18-14(19)9-22-15(20)10-23-13-8-11(2)5-6-12(13)3/h5-6,8H,4,7,9-10H2,1-3H3,(H2,17,18,19,21). The van der Waals surface area contributed by atoms with Crippen molar-refractivity contribution in [2.45, 2.75) is 32.1 Å². The van der Waals surface area contributed by atoms with Crippen LogP contribution in [0.4, 0.5) is 4.79 Å². The molecule has 0 spiro atoms. The SMILES string of the molecule is CCCNC(=O)NC(=O)COC(=O)CSc1cc(C)ccc1C. The molecule has 0 aliphatic rings. The first-order valence-electron chi connectivity index (χ1n) is 7.35. The van der Waals surface area contributed by atoms with Gasteiger partial charge < -0.3 is 10.1 Å². The zero-order valence-electron chi connectivity index (χ0n) is 13.6. The number of aryl methyl sites for hydroxylation is 2. The monoisotopic (exact) mass is 338 g/mol. The van der Waals surface area contributed by atoms with Gasteiger partial charge in [0, 0.05) is 11.4 Å². The molecule has 6 nitrogen and oxygen atoms in total. The summed E-state index contributed by atoms with van der Waals surface area (Å²) in [6, 6.07) is 5.41. The Labute approximate surface area is 140 Å². The average Bonchev–Trinajstić information content (AvgIpc) is 2.51. The van der Waals surface area contributed by atoms with Crippen molar-refractivity contribution < 1.29 is 19.1 Å². The molecule has 0 bridgehead atoms. The number of carbonyl (C=O) groups is 3. The minimum absolute atomic E-state index is 0.111. The van der Waals surface area contributed by atoms with Gasteiger partial charge >= 0.3 is 12.0 Å². The third-order valence-corrected chi connectivity index (χ3v) is 3.97. The van der Waals surface area contributed by atoms with Crippen molar-refractivity contribution in [1.29, 1.82) is 0 Å². The summed E-state index contributed by atoms with van der Waals surface area (Å²) in [4.78, 5) is 35.3. The van der Waals surface area contributed by atoms with Gasteiger partial charge in [0.2, 0.25) is 0 Å². The van der Waals surface area contributed by atoms with Crippen LogP contribution in [-0.4, -0.2) is 36.8 Å².